The van der Waals surface area contributed by atoms with Gasteiger partial charge in [0.25, 0.3) is 0 Å². The summed E-state index contributed by atoms with van der Waals surface area (Å²) in [6.07, 6.45) is 5.94. The van der Waals surface area contributed by atoms with Crippen LogP contribution in [0.3, 0.4) is 0 Å². The van der Waals surface area contributed by atoms with E-state index < -0.39 is 0 Å². The Hall–Kier alpha value is -0.950. The lowest BCUT2D eigenvalue weighted by atomic mass is 9.98. The molecule has 0 saturated heterocycles. The fraction of sp³-hybridized carbons (Fsp3) is 0.778. The number of rotatable bonds is 4. The summed E-state index contributed by atoms with van der Waals surface area (Å²) in [5.74, 6) is 0.707. The fourth-order valence-electron chi connectivity index (χ4n) is 1.79. The molecule has 1 rings (SSSR count). The van der Waals surface area contributed by atoms with E-state index in [1.807, 2.05) is 0 Å². The Morgan fingerprint density at radius 2 is 2.50 bits per heavy atom. The quantitative estimate of drug-likeness (QED) is 0.201. The average molecular weight is 165 g/mol. The third-order valence-corrected chi connectivity index (χ3v) is 2.50. The van der Waals surface area contributed by atoms with Crippen LogP contribution >= 0.6 is 0 Å². The molecule has 0 aromatic heterocycles. The van der Waals surface area contributed by atoms with Gasteiger partial charge in [0.1, 0.15) is 0 Å². The van der Waals surface area contributed by atoms with Crippen molar-refractivity contribution in [1.82, 2.24) is 0 Å². The molecular formula is C9H15N3. The van der Waals surface area contributed by atoms with E-state index in [9.17, 15) is 0 Å². The van der Waals surface area contributed by atoms with Crippen LogP contribution < -0.4 is 0 Å². The number of allylic oxidation sites excluding steroid dienone is 1. The van der Waals surface area contributed by atoms with Crippen molar-refractivity contribution in [2.75, 3.05) is 6.54 Å². The maximum atomic E-state index is 8.05. The predicted octanol–water partition coefficient (Wildman–Crippen LogP) is 3.43. The topological polar surface area (TPSA) is 48.8 Å². The lowest BCUT2D eigenvalue weighted by molar-refractivity contribution is 0.551. The number of hydrogen-bond donors (Lipinski definition) is 0. The average Bonchev–Trinajstić information content (AvgIpc) is 2.46. The Labute approximate surface area is 73.1 Å². The molecule has 0 aromatic carbocycles. The molecular weight excluding hydrogens is 150 g/mol. The van der Waals surface area contributed by atoms with Crippen LogP contribution in [0, 0.1) is 5.92 Å². The maximum Gasteiger partial charge on any atom is 0.0258 e. The molecule has 0 N–H and O–H groups in total. The molecule has 0 spiro atoms. The second-order valence-electron chi connectivity index (χ2n) is 3.34. The molecule has 1 aliphatic rings. The second-order valence-corrected chi connectivity index (χ2v) is 3.34. The number of azide groups is 1. The largest absolute Gasteiger partial charge is 0.0996 e. The van der Waals surface area contributed by atoms with Gasteiger partial charge in [-0.05, 0) is 43.6 Å². The third-order valence-electron chi connectivity index (χ3n) is 2.50. The molecule has 3 nitrogen and oxygen atoms in total. The highest BCUT2D eigenvalue weighted by Crippen LogP contribution is 2.32. The van der Waals surface area contributed by atoms with Gasteiger partial charge in [-0.15, -0.1) is 0 Å². The van der Waals surface area contributed by atoms with Gasteiger partial charge in [0.2, 0.25) is 0 Å². The zero-order valence-corrected chi connectivity index (χ0v) is 7.37. The molecule has 0 radical (unpaired) electrons. The molecule has 1 aliphatic carbocycles. The van der Waals surface area contributed by atoms with Gasteiger partial charge in [-0.1, -0.05) is 17.3 Å². The van der Waals surface area contributed by atoms with Crippen LogP contribution in [0.1, 0.15) is 32.1 Å². The minimum Gasteiger partial charge on any atom is -0.0996 e. The molecule has 12 heavy (non-hydrogen) atoms. The fourth-order valence-corrected chi connectivity index (χ4v) is 1.79. The normalized spacial score (nSPS) is 22.3. The van der Waals surface area contributed by atoms with Crippen LogP contribution in [0.25, 0.3) is 10.4 Å². The molecule has 3 heteroatoms. The summed E-state index contributed by atoms with van der Waals surface area (Å²) in [6, 6.07) is 0. The summed E-state index contributed by atoms with van der Waals surface area (Å²) in [5.41, 5.74) is 9.45. The lowest BCUT2D eigenvalue weighted by Crippen LogP contribution is -1.96. The van der Waals surface area contributed by atoms with Crippen molar-refractivity contribution in [3.05, 3.63) is 22.6 Å². The van der Waals surface area contributed by atoms with E-state index in [0.717, 1.165) is 12.8 Å². The van der Waals surface area contributed by atoms with Gasteiger partial charge >= 0.3 is 0 Å². The van der Waals surface area contributed by atoms with E-state index in [1.165, 1.54) is 24.8 Å². The lowest BCUT2D eigenvalue weighted by Gasteiger charge is -2.08. The van der Waals surface area contributed by atoms with Crippen LogP contribution in [0.5, 0.6) is 0 Å². The molecule has 0 bridgehead atoms. The van der Waals surface area contributed by atoms with Crippen molar-refractivity contribution in [2.24, 2.45) is 11.0 Å². The molecule has 1 saturated carbocycles. The highest BCUT2D eigenvalue weighted by Gasteiger charge is 2.17. The third kappa shape index (κ3) is 2.59. The van der Waals surface area contributed by atoms with Gasteiger partial charge in [0.05, 0.1) is 0 Å². The van der Waals surface area contributed by atoms with E-state index in [0.29, 0.717) is 12.5 Å². The summed E-state index contributed by atoms with van der Waals surface area (Å²) >= 11 is 0. The smallest absolute Gasteiger partial charge is 0.0258 e. The van der Waals surface area contributed by atoms with Gasteiger partial charge in [-0.3, -0.25) is 0 Å². The van der Waals surface area contributed by atoms with E-state index in [-0.39, 0.29) is 0 Å². The number of nitrogens with zero attached hydrogens (tertiary/aromatic N) is 3. The molecule has 1 unspecified atom stereocenters. The van der Waals surface area contributed by atoms with E-state index in [2.05, 4.69) is 16.6 Å². The van der Waals surface area contributed by atoms with Crippen molar-refractivity contribution in [1.29, 1.82) is 0 Å². The molecule has 1 fully saturated rings. The minimum atomic E-state index is 0.639. The van der Waals surface area contributed by atoms with Crippen molar-refractivity contribution >= 4 is 0 Å². The molecule has 0 heterocycles. The first-order valence-corrected chi connectivity index (χ1v) is 4.53. The summed E-state index contributed by atoms with van der Waals surface area (Å²) in [7, 11) is 0. The van der Waals surface area contributed by atoms with Crippen LogP contribution in [0.4, 0.5) is 0 Å². The first-order valence-electron chi connectivity index (χ1n) is 4.53. The van der Waals surface area contributed by atoms with Crippen LogP contribution in [0.2, 0.25) is 0 Å². The molecule has 0 aliphatic heterocycles. The summed E-state index contributed by atoms with van der Waals surface area (Å²) in [6.45, 7) is 4.67. The summed E-state index contributed by atoms with van der Waals surface area (Å²) in [4.78, 5) is 2.72. The van der Waals surface area contributed by atoms with E-state index in [4.69, 9.17) is 5.53 Å². The standard InChI is InChI=1S/C9H15N3/c1-8-4-2-5-9(8)6-3-7-11-12-10/h9H,1-7H2. The Morgan fingerprint density at radius 3 is 3.08 bits per heavy atom. The molecule has 66 valence electrons. The highest BCUT2D eigenvalue weighted by atomic mass is 15.1. The van der Waals surface area contributed by atoms with Gasteiger partial charge < -0.3 is 0 Å². The highest BCUT2D eigenvalue weighted by molar-refractivity contribution is 5.05. The van der Waals surface area contributed by atoms with Crippen molar-refractivity contribution in [3.8, 4) is 0 Å². The Balaban J connectivity index is 2.14. The Bertz CT molecular complexity index is 204. The SMILES string of the molecule is C=C1CCCC1CCCN=[N+]=[N-]. The minimum absolute atomic E-state index is 0.639. The van der Waals surface area contributed by atoms with Crippen molar-refractivity contribution in [3.63, 3.8) is 0 Å². The molecule has 0 aromatic rings. The van der Waals surface area contributed by atoms with Crippen molar-refractivity contribution < 1.29 is 0 Å². The predicted molar refractivity (Wildman–Crippen MR) is 49.7 cm³/mol. The zero-order chi connectivity index (χ0) is 8.81. The summed E-state index contributed by atoms with van der Waals surface area (Å²) in [5, 5.41) is 3.51. The number of hydrogen-bond acceptors (Lipinski definition) is 1. The Kier molecular flexibility index (Phi) is 3.68. The molecule has 1 atom stereocenters. The van der Waals surface area contributed by atoms with Crippen LogP contribution in [0.15, 0.2) is 17.3 Å². The summed E-state index contributed by atoms with van der Waals surface area (Å²) < 4.78 is 0. The van der Waals surface area contributed by atoms with Crippen LogP contribution in [-0.2, 0) is 0 Å². The van der Waals surface area contributed by atoms with Crippen LogP contribution in [-0.4, -0.2) is 6.54 Å². The van der Waals surface area contributed by atoms with E-state index in [1.54, 1.807) is 0 Å². The van der Waals surface area contributed by atoms with Gasteiger partial charge in [0.15, 0.2) is 0 Å². The first-order chi connectivity index (χ1) is 5.84. The first kappa shape index (κ1) is 9.14. The monoisotopic (exact) mass is 165 g/mol. The van der Waals surface area contributed by atoms with Gasteiger partial charge in [0, 0.05) is 11.5 Å². The Morgan fingerprint density at radius 1 is 1.67 bits per heavy atom. The second kappa shape index (κ2) is 4.83. The van der Waals surface area contributed by atoms with Gasteiger partial charge in [-0.2, -0.15) is 0 Å². The van der Waals surface area contributed by atoms with Crippen molar-refractivity contribution in [2.45, 2.75) is 32.1 Å². The maximum absolute atomic E-state index is 8.05. The molecule has 0 amide bonds. The zero-order valence-electron chi connectivity index (χ0n) is 7.37. The van der Waals surface area contributed by atoms with E-state index >= 15 is 0 Å². The van der Waals surface area contributed by atoms with Gasteiger partial charge in [-0.25, -0.2) is 0 Å².